The molecule has 2 aromatic rings. The molecule has 1 aliphatic rings. The van der Waals surface area contributed by atoms with Gasteiger partial charge >= 0.3 is 0 Å². The van der Waals surface area contributed by atoms with E-state index in [4.69, 9.17) is 20.9 Å². The maximum atomic E-state index is 6.12. The molecule has 6 nitrogen and oxygen atoms in total. The summed E-state index contributed by atoms with van der Waals surface area (Å²) in [4.78, 5) is 6.78. The normalized spacial score (nSPS) is 18.5. The van der Waals surface area contributed by atoms with E-state index in [-0.39, 0.29) is 24.6 Å². The molecule has 8 heteroatoms. The van der Waals surface area contributed by atoms with Gasteiger partial charge in [-0.1, -0.05) is 16.8 Å². The Labute approximate surface area is 152 Å². The molecular formula is C16H22Cl2N4O2. The number of benzene rings is 1. The Morgan fingerprint density at radius 3 is 2.92 bits per heavy atom. The second-order valence-electron chi connectivity index (χ2n) is 5.97. The van der Waals surface area contributed by atoms with Gasteiger partial charge < -0.3 is 14.6 Å². The van der Waals surface area contributed by atoms with Crippen LogP contribution in [0.2, 0.25) is 5.02 Å². The number of aromatic nitrogens is 2. The van der Waals surface area contributed by atoms with Crippen molar-refractivity contribution in [3.05, 3.63) is 29.0 Å². The number of ether oxygens (including phenoxy) is 1. The minimum Gasteiger partial charge on any atom is -0.490 e. The first kappa shape index (κ1) is 19.0. The van der Waals surface area contributed by atoms with Crippen LogP contribution in [-0.2, 0) is 0 Å². The van der Waals surface area contributed by atoms with Crippen molar-refractivity contribution in [3.8, 4) is 17.2 Å². The van der Waals surface area contributed by atoms with Crippen LogP contribution in [0.15, 0.2) is 22.7 Å². The molecule has 3 rings (SSSR count). The van der Waals surface area contributed by atoms with Crippen LogP contribution in [0, 0.1) is 0 Å². The highest BCUT2D eigenvalue weighted by Gasteiger charge is 2.26. The summed E-state index contributed by atoms with van der Waals surface area (Å²) in [6, 6.07) is 5.52. The van der Waals surface area contributed by atoms with Crippen molar-refractivity contribution in [2.45, 2.75) is 26.0 Å². The first-order valence-electron chi connectivity index (χ1n) is 7.75. The summed E-state index contributed by atoms with van der Waals surface area (Å²) >= 11 is 6.12. The van der Waals surface area contributed by atoms with Gasteiger partial charge in [0, 0.05) is 24.7 Å². The Morgan fingerprint density at radius 1 is 1.42 bits per heavy atom. The number of hydrogen-bond donors (Lipinski definition) is 1. The van der Waals surface area contributed by atoms with Crippen LogP contribution in [0.3, 0.4) is 0 Å². The van der Waals surface area contributed by atoms with Crippen LogP contribution >= 0.6 is 24.0 Å². The molecule has 1 saturated heterocycles. The van der Waals surface area contributed by atoms with E-state index in [0.29, 0.717) is 22.5 Å². The second-order valence-corrected chi connectivity index (χ2v) is 6.40. The fraction of sp³-hybridized carbons (Fsp3) is 0.500. The lowest BCUT2D eigenvalue weighted by atomic mass is 10.2. The first-order chi connectivity index (χ1) is 11.0. The molecule has 1 aromatic carbocycles. The lowest BCUT2D eigenvalue weighted by Gasteiger charge is -2.30. The third kappa shape index (κ3) is 4.19. The maximum Gasteiger partial charge on any atom is 0.261 e. The summed E-state index contributed by atoms with van der Waals surface area (Å²) in [7, 11) is 2.06. The largest absolute Gasteiger partial charge is 0.490 e. The van der Waals surface area contributed by atoms with Crippen molar-refractivity contribution in [1.82, 2.24) is 20.4 Å². The van der Waals surface area contributed by atoms with Crippen molar-refractivity contribution in [2.75, 3.05) is 26.7 Å². The molecule has 0 radical (unpaired) electrons. The summed E-state index contributed by atoms with van der Waals surface area (Å²) in [6.07, 6.45) is 0.0472. The maximum absolute atomic E-state index is 6.12. The number of nitrogens with one attached hydrogen (secondary N) is 1. The number of piperazine rings is 1. The van der Waals surface area contributed by atoms with Gasteiger partial charge in [-0.2, -0.15) is 4.98 Å². The minimum atomic E-state index is 0. The molecule has 0 spiro atoms. The Kier molecular flexibility index (Phi) is 6.46. The van der Waals surface area contributed by atoms with E-state index in [1.54, 1.807) is 12.1 Å². The SMILES string of the molecule is CC(C)Oc1ccc(Cl)cc1-c1nc(C2CNCCN2C)no1.Cl. The third-order valence-electron chi connectivity index (χ3n) is 3.79. The van der Waals surface area contributed by atoms with Crippen LogP contribution < -0.4 is 10.1 Å². The summed E-state index contributed by atoms with van der Waals surface area (Å²) in [5.74, 6) is 1.79. The Balaban J connectivity index is 0.00000208. The topological polar surface area (TPSA) is 63.4 Å². The van der Waals surface area contributed by atoms with Gasteiger partial charge in [0.15, 0.2) is 5.82 Å². The van der Waals surface area contributed by atoms with Crippen molar-refractivity contribution < 1.29 is 9.26 Å². The van der Waals surface area contributed by atoms with Crippen molar-refractivity contribution >= 4 is 24.0 Å². The van der Waals surface area contributed by atoms with Crippen molar-refractivity contribution in [2.24, 2.45) is 0 Å². The highest BCUT2D eigenvalue weighted by atomic mass is 35.5. The number of hydrogen-bond acceptors (Lipinski definition) is 6. The van der Waals surface area contributed by atoms with E-state index in [1.807, 2.05) is 19.9 Å². The first-order valence-corrected chi connectivity index (χ1v) is 8.13. The molecule has 1 fully saturated rings. The zero-order valence-electron chi connectivity index (χ0n) is 14.0. The van der Waals surface area contributed by atoms with Crippen molar-refractivity contribution in [1.29, 1.82) is 0 Å². The van der Waals surface area contributed by atoms with Crippen molar-refractivity contribution in [3.63, 3.8) is 0 Å². The average Bonchev–Trinajstić information content (AvgIpc) is 2.98. The highest BCUT2D eigenvalue weighted by Crippen LogP contribution is 2.33. The number of likely N-dealkylation sites (N-methyl/N-ethyl adjacent to an activating group) is 1. The molecule has 24 heavy (non-hydrogen) atoms. The lowest BCUT2D eigenvalue weighted by molar-refractivity contribution is 0.190. The molecule has 1 unspecified atom stereocenters. The van der Waals surface area contributed by atoms with Gasteiger partial charge in [0.1, 0.15) is 5.75 Å². The van der Waals surface area contributed by atoms with E-state index in [1.165, 1.54) is 0 Å². The second kappa shape index (κ2) is 8.16. The molecule has 0 saturated carbocycles. The van der Waals surface area contributed by atoms with Gasteiger partial charge in [-0.3, -0.25) is 4.90 Å². The molecule has 0 aliphatic carbocycles. The van der Waals surface area contributed by atoms with E-state index >= 15 is 0 Å². The molecule has 0 bridgehead atoms. The standard InChI is InChI=1S/C16H21ClN4O2.ClH/c1-10(2)22-14-5-4-11(17)8-12(14)16-19-15(20-23-16)13-9-18-6-7-21(13)3;/h4-5,8,10,13,18H,6-7,9H2,1-3H3;1H. The predicted molar refractivity (Wildman–Crippen MR) is 96.0 cm³/mol. The quantitative estimate of drug-likeness (QED) is 0.888. The monoisotopic (exact) mass is 372 g/mol. The number of nitrogens with zero attached hydrogens (tertiary/aromatic N) is 3. The zero-order valence-corrected chi connectivity index (χ0v) is 15.5. The minimum absolute atomic E-state index is 0. The molecule has 1 N–H and O–H groups in total. The summed E-state index contributed by atoms with van der Waals surface area (Å²) in [6.45, 7) is 6.67. The van der Waals surface area contributed by atoms with Gasteiger partial charge in [-0.25, -0.2) is 0 Å². The lowest BCUT2D eigenvalue weighted by Crippen LogP contribution is -2.44. The third-order valence-corrected chi connectivity index (χ3v) is 4.02. The molecule has 2 heterocycles. The molecule has 1 aromatic heterocycles. The predicted octanol–water partition coefficient (Wildman–Crippen LogP) is 3.18. The number of rotatable bonds is 4. The zero-order chi connectivity index (χ0) is 16.4. The summed E-state index contributed by atoms with van der Waals surface area (Å²) in [5, 5.41) is 8.10. The Morgan fingerprint density at radius 2 is 2.21 bits per heavy atom. The van der Waals surface area contributed by atoms with Gasteiger partial charge in [-0.15, -0.1) is 12.4 Å². The smallest absolute Gasteiger partial charge is 0.261 e. The fourth-order valence-corrected chi connectivity index (χ4v) is 2.77. The van der Waals surface area contributed by atoms with Crippen LogP contribution in [0.25, 0.3) is 11.5 Å². The van der Waals surface area contributed by atoms with E-state index in [0.717, 1.165) is 25.2 Å². The van der Waals surface area contributed by atoms with Gasteiger partial charge in [0.2, 0.25) is 0 Å². The van der Waals surface area contributed by atoms with Crippen LogP contribution in [-0.4, -0.2) is 47.8 Å². The molecule has 0 amide bonds. The molecule has 1 atom stereocenters. The van der Waals surface area contributed by atoms with Gasteiger partial charge in [0.25, 0.3) is 5.89 Å². The molecular weight excluding hydrogens is 351 g/mol. The van der Waals surface area contributed by atoms with E-state index in [9.17, 15) is 0 Å². The summed E-state index contributed by atoms with van der Waals surface area (Å²) < 4.78 is 11.3. The van der Waals surface area contributed by atoms with Crippen LogP contribution in [0.1, 0.15) is 25.7 Å². The average molecular weight is 373 g/mol. The highest BCUT2D eigenvalue weighted by molar-refractivity contribution is 6.30. The fourth-order valence-electron chi connectivity index (χ4n) is 2.60. The van der Waals surface area contributed by atoms with E-state index in [2.05, 4.69) is 27.4 Å². The van der Waals surface area contributed by atoms with Crippen LogP contribution in [0.4, 0.5) is 0 Å². The van der Waals surface area contributed by atoms with E-state index < -0.39 is 0 Å². The molecule has 1 aliphatic heterocycles. The van der Waals surface area contributed by atoms with Crippen LogP contribution in [0.5, 0.6) is 5.75 Å². The Bertz CT molecular complexity index is 678. The summed E-state index contributed by atoms with van der Waals surface area (Å²) in [5.41, 5.74) is 0.719. The van der Waals surface area contributed by atoms with Gasteiger partial charge in [0.05, 0.1) is 17.7 Å². The molecule has 132 valence electrons. The Hall–Kier alpha value is -1.34. The van der Waals surface area contributed by atoms with Gasteiger partial charge in [-0.05, 0) is 39.1 Å². The number of halogens is 2.